The van der Waals surface area contributed by atoms with Gasteiger partial charge >= 0.3 is 6.09 Å². The summed E-state index contributed by atoms with van der Waals surface area (Å²) in [4.78, 5) is 12.9. The molecule has 37 heavy (non-hydrogen) atoms. The molecular formula is C21H16Cl2N4O6S4. The Morgan fingerprint density at radius 1 is 1.05 bits per heavy atom. The van der Waals surface area contributed by atoms with Gasteiger partial charge in [0.1, 0.15) is 8.42 Å². The number of benzene rings is 1. The average molecular weight is 620 g/mol. The lowest BCUT2D eigenvalue weighted by Crippen LogP contribution is -2.37. The van der Waals surface area contributed by atoms with Gasteiger partial charge in [-0.2, -0.15) is 26.8 Å². The predicted molar refractivity (Wildman–Crippen MR) is 142 cm³/mol. The normalized spacial score (nSPS) is 12.1. The highest BCUT2D eigenvalue weighted by molar-refractivity contribution is 8.11. The van der Waals surface area contributed by atoms with E-state index in [1.54, 1.807) is 0 Å². The second-order valence-corrected chi connectivity index (χ2v) is 15.5. The second-order valence-electron chi connectivity index (χ2n) is 7.84. The molecule has 0 atom stereocenters. The van der Waals surface area contributed by atoms with Crippen LogP contribution in [-0.2, 0) is 24.8 Å². The van der Waals surface area contributed by atoms with E-state index in [0.717, 1.165) is 16.8 Å². The van der Waals surface area contributed by atoms with Crippen LogP contribution in [0, 0.1) is 17.2 Å². The number of nitriles is 1. The zero-order valence-corrected chi connectivity index (χ0v) is 23.7. The molecule has 3 aromatic heterocycles. The van der Waals surface area contributed by atoms with Crippen molar-refractivity contribution in [2.24, 2.45) is 5.92 Å². The quantitative estimate of drug-likeness (QED) is 0.262. The zero-order chi connectivity index (χ0) is 27.1. The van der Waals surface area contributed by atoms with Crippen molar-refractivity contribution in [3.63, 3.8) is 0 Å². The third-order valence-electron chi connectivity index (χ3n) is 4.74. The number of carbonyl (C=O) groups is 1. The number of anilines is 1. The summed E-state index contributed by atoms with van der Waals surface area (Å²) in [5.41, 5.74) is -0.133. The van der Waals surface area contributed by atoms with E-state index in [9.17, 15) is 26.9 Å². The lowest BCUT2D eigenvalue weighted by Gasteiger charge is -2.20. The first-order valence-corrected chi connectivity index (χ1v) is 15.5. The van der Waals surface area contributed by atoms with Crippen LogP contribution in [0.4, 0.5) is 10.6 Å². The van der Waals surface area contributed by atoms with E-state index in [2.05, 4.69) is 5.10 Å². The molecule has 0 fully saturated rings. The standard InChI is InChI=1S/C21H16Cl2N4O6S4/c1-12(2)11-33-21(28)26-14-5-3-4-13(10-24)19(14)20(25-26)27(36(29,30)17-8-6-15(22)34-17)37(31,32)18-9-7-16(23)35-18/h3-9,12H,11H2,1-2H3. The first-order chi connectivity index (χ1) is 17.4. The molecule has 0 saturated carbocycles. The Morgan fingerprint density at radius 3 is 2.08 bits per heavy atom. The van der Waals surface area contributed by atoms with Gasteiger partial charge in [-0.25, -0.2) is 4.79 Å². The van der Waals surface area contributed by atoms with Crippen LogP contribution in [0.15, 0.2) is 50.9 Å². The van der Waals surface area contributed by atoms with Crippen LogP contribution in [0.3, 0.4) is 0 Å². The number of sulfonamides is 2. The van der Waals surface area contributed by atoms with Gasteiger partial charge in [0.05, 0.1) is 37.8 Å². The Balaban J connectivity index is 2.07. The van der Waals surface area contributed by atoms with Gasteiger partial charge < -0.3 is 4.74 Å². The van der Waals surface area contributed by atoms with Crippen molar-refractivity contribution < 1.29 is 26.4 Å². The summed E-state index contributed by atoms with van der Waals surface area (Å²) in [5.74, 6) is -0.702. The summed E-state index contributed by atoms with van der Waals surface area (Å²) in [6.45, 7) is 3.65. The average Bonchev–Trinajstić information content (AvgIpc) is 3.56. The molecule has 3 heterocycles. The molecular weight excluding hydrogens is 603 g/mol. The van der Waals surface area contributed by atoms with Crippen LogP contribution in [0.25, 0.3) is 10.9 Å². The fourth-order valence-corrected chi connectivity index (χ4v) is 10.2. The SMILES string of the molecule is CC(C)COC(=O)n1nc(N(S(=O)(=O)c2ccc(Cl)s2)S(=O)(=O)c2ccc(Cl)s2)c2c(C#N)cccc21. The molecule has 0 radical (unpaired) electrons. The van der Waals surface area contributed by atoms with Crippen molar-refractivity contribution in [2.75, 3.05) is 10.3 Å². The Hall–Kier alpha value is -2.67. The van der Waals surface area contributed by atoms with E-state index in [1.165, 1.54) is 30.3 Å². The van der Waals surface area contributed by atoms with Gasteiger partial charge in [0.25, 0.3) is 20.0 Å². The minimum Gasteiger partial charge on any atom is -0.448 e. The maximum absolute atomic E-state index is 13.8. The van der Waals surface area contributed by atoms with E-state index < -0.39 is 40.4 Å². The molecule has 1 aromatic carbocycles. The van der Waals surface area contributed by atoms with E-state index in [1.807, 2.05) is 19.9 Å². The summed E-state index contributed by atoms with van der Waals surface area (Å²) < 4.78 is 60.8. The highest BCUT2D eigenvalue weighted by Gasteiger charge is 2.42. The predicted octanol–water partition coefficient (Wildman–Crippen LogP) is 5.56. The third kappa shape index (κ3) is 5.07. The Morgan fingerprint density at radius 2 is 1.62 bits per heavy atom. The third-order valence-corrected chi connectivity index (χ3v) is 12.2. The van der Waals surface area contributed by atoms with Crippen LogP contribution in [0.2, 0.25) is 8.67 Å². The van der Waals surface area contributed by atoms with Crippen LogP contribution in [-0.4, -0.2) is 39.3 Å². The number of carbonyl (C=O) groups excluding carboxylic acids is 1. The van der Waals surface area contributed by atoms with Gasteiger partial charge in [0, 0.05) is 0 Å². The van der Waals surface area contributed by atoms with Gasteiger partial charge in [-0.3, -0.25) is 0 Å². The molecule has 10 nitrogen and oxygen atoms in total. The molecule has 4 rings (SSSR count). The number of rotatable bonds is 7. The Labute approximate surface area is 230 Å². The molecule has 0 aliphatic heterocycles. The summed E-state index contributed by atoms with van der Waals surface area (Å²) in [6, 6.07) is 11.0. The topological polar surface area (TPSA) is 139 Å². The molecule has 4 aromatic rings. The van der Waals surface area contributed by atoms with Gasteiger partial charge in [0.2, 0.25) is 0 Å². The molecule has 0 unspecified atom stereocenters. The number of fused-ring (bicyclic) bond motifs is 1. The molecule has 0 aliphatic carbocycles. The monoisotopic (exact) mass is 618 g/mol. The van der Waals surface area contributed by atoms with Gasteiger partial charge in [-0.05, 0) is 42.3 Å². The van der Waals surface area contributed by atoms with Crippen molar-refractivity contribution in [3.8, 4) is 6.07 Å². The van der Waals surface area contributed by atoms with Crippen molar-refractivity contribution in [1.82, 2.24) is 9.78 Å². The Bertz CT molecular complexity index is 1700. The molecule has 194 valence electrons. The van der Waals surface area contributed by atoms with Crippen molar-refractivity contribution >= 4 is 88.7 Å². The fraction of sp³-hybridized carbons (Fsp3) is 0.190. The molecule has 0 bridgehead atoms. The van der Waals surface area contributed by atoms with Crippen molar-refractivity contribution in [3.05, 3.63) is 56.7 Å². The number of hydrogen-bond donors (Lipinski definition) is 0. The van der Waals surface area contributed by atoms with Gasteiger partial charge in [-0.1, -0.05) is 43.1 Å². The molecule has 0 amide bonds. The van der Waals surface area contributed by atoms with E-state index in [-0.39, 0.29) is 41.4 Å². The number of thiophene rings is 2. The molecule has 16 heteroatoms. The first-order valence-electron chi connectivity index (χ1n) is 10.3. The second kappa shape index (κ2) is 10.2. The Kier molecular flexibility index (Phi) is 7.57. The number of hydrogen-bond acceptors (Lipinski definition) is 10. The summed E-state index contributed by atoms with van der Waals surface area (Å²) in [7, 11) is -9.76. The fourth-order valence-electron chi connectivity index (χ4n) is 3.20. The maximum atomic E-state index is 13.8. The lowest BCUT2D eigenvalue weighted by atomic mass is 10.1. The highest BCUT2D eigenvalue weighted by atomic mass is 35.5. The number of aromatic nitrogens is 2. The van der Waals surface area contributed by atoms with Crippen LogP contribution >= 0.6 is 45.9 Å². The largest absolute Gasteiger partial charge is 0.448 e. The summed E-state index contributed by atoms with van der Waals surface area (Å²) in [5, 5.41) is 13.7. The minimum atomic E-state index is -4.88. The highest BCUT2D eigenvalue weighted by Crippen LogP contribution is 2.40. The minimum absolute atomic E-state index is 0.0216. The molecule has 0 spiro atoms. The molecule has 0 N–H and O–H groups in total. The van der Waals surface area contributed by atoms with Crippen LogP contribution in [0.1, 0.15) is 19.4 Å². The summed E-state index contributed by atoms with van der Waals surface area (Å²) >= 11 is 13.2. The van der Waals surface area contributed by atoms with Gasteiger partial charge in [-0.15, -0.1) is 31.5 Å². The van der Waals surface area contributed by atoms with Gasteiger partial charge in [0.15, 0.2) is 5.82 Å². The molecule has 0 aliphatic rings. The van der Waals surface area contributed by atoms with Crippen LogP contribution < -0.4 is 3.71 Å². The number of halogens is 2. The van der Waals surface area contributed by atoms with E-state index in [4.69, 9.17) is 27.9 Å². The summed E-state index contributed by atoms with van der Waals surface area (Å²) in [6.07, 6.45) is -0.979. The number of ether oxygens (including phenoxy) is 1. The van der Waals surface area contributed by atoms with Crippen molar-refractivity contribution in [2.45, 2.75) is 22.3 Å². The zero-order valence-electron chi connectivity index (χ0n) is 19.0. The smallest absolute Gasteiger partial charge is 0.435 e. The number of nitrogens with zero attached hydrogens (tertiary/aromatic N) is 4. The maximum Gasteiger partial charge on any atom is 0.435 e. The first kappa shape index (κ1) is 27.4. The van der Waals surface area contributed by atoms with E-state index in [0.29, 0.717) is 22.7 Å². The van der Waals surface area contributed by atoms with Crippen molar-refractivity contribution in [1.29, 1.82) is 5.26 Å². The van der Waals surface area contributed by atoms with Crippen LogP contribution in [0.5, 0.6) is 0 Å². The van der Waals surface area contributed by atoms with E-state index >= 15 is 0 Å². The molecule has 0 saturated heterocycles. The lowest BCUT2D eigenvalue weighted by molar-refractivity contribution is 0.132.